The van der Waals surface area contributed by atoms with E-state index in [2.05, 4.69) is 19.2 Å². The van der Waals surface area contributed by atoms with Crippen molar-refractivity contribution in [3.05, 3.63) is 0 Å². The van der Waals surface area contributed by atoms with Crippen LogP contribution in [0.1, 0.15) is 194 Å². The van der Waals surface area contributed by atoms with Crippen molar-refractivity contribution in [2.24, 2.45) is 5.73 Å². The normalized spacial score (nSPS) is 14.3. The number of phosphoric ester groups is 1. The van der Waals surface area contributed by atoms with Crippen molar-refractivity contribution in [2.75, 3.05) is 19.8 Å². The average molecular weight is 663 g/mol. The van der Waals surface area contributed by atoms with Crippen LogP contribution in [0.15, 0.2) is 0 Å². The number of hydrogen-bond donors (Lipinski definition) is 4. The summed E-state index contributed by atoms with van der Waals surface area (Å²) in [6, 6.07) is -0.765. The Hall–Kier alpha value is -0.500. The van der Waals surface area contributed by atoms with Crippen molar-refractivity contribution in [3.63, 3.8) is 0 Å². The highest BCUT2D eigenvalue weighted by molar-refractivity contribution is 7.47. The average Bonchev–Trinajstić information content (AvgIpc) is 3.02. The fraction of sp³-hybridized carbons (Fsp3) is 0.972. The first-order valence-corrected chi connectivity index (χ1v) is 20.6. The summed E-state index contributed by atoms with van der Waals surface area (Å²) in [5.74, 6) is -0.161. The van der Waals surface area contributed by atoms with E-state index in [9.17, 15) is 19.4 Å². The summed E-state index contributed by atoms with van der Waals surface area (Å²) in [5.41, 5.74) is 5.35. The Balaban J connectivity index is 4.12. The van der Waals surface area contributed by atoms with Gasteiger partial charge in [0.15, 0.2) is 0 Å². The molecule has 0 aliphatic heterocycles. The SMILES string of the molecule is CCCCCCCCCCCCCCCCCCCC(=O)N[C@@H](COP(=O)(O)OCCN)[C@H](O)CCCCCCCCCCC. The van der Waals surface area contributed by atoms with Crippen LogP contribution in [0, 0.1) is 0 Å². The second kappa shape index (κ2) is 33.4. The van der Waals surface area contributed by atoms with Gasteiger partial charge in [-0.05, 0) is 12.8 Å². The molecule has 1 amide bonds. The van der Waals surface area contributed by atoms with Gasteiger partial charge in [-0.25, -0.2) is 4.57 Å². The second-order valence-electron chi connectivity index (χ2n) is 13.2. The number of carbonyl (C=O) groups excluding carboxylic acids is 1. The third kappa shape index (κ3) is 31.8. The van der Waals surface area contributed by atoms with Crippen LogP contribution >= 0.6 is 7.82 Å². The van der Waals surface area contributed by atoms with Gasteiger partial charge >= 0.3 is 7.82 Å². The molecule has 0 spiro atoms. The highest BCUT2D eigenvalue weighted by Crippen LogP contribution is 2.43. The van der Waals surface area contributed by atoms with Gasteiger partial charge in [-0.3, -0.25) is 13.8 Å². The molecule has 0 bridgehead atoms. The molecule has 1 unspecified atom stereocenters. The Morgan fingerprint density at radius 2 is 1.02 bits per heavy atom. The summed E-state index contributed by atoms with van der Waals surface area (Å²) >= 11 is 0. The summed E-state index contributed by atoms with van der Waals surface area (Å²) in [5, 5.41) is 13.7. The van der Waals surface area contributed by atoms with Crippen molar-refractivity contribution in [1.29, 1.82) is 0 Å². The summed E-state index contributed by atoms with van der Waals surface area (Å²) in [7, 11) is -4.30. The molecule has 0 fully saturated rings. The molecule has 0 aromatic carbocycles. The molecule has 0 saturated carbocycles. The molecule has 0 saturated heterocycles. The van der Waals surface area contributed by atoms with Gasteiger partial charge in [-0.1, -0.05) is 174 Å². The van der Waals surface area contributed by atoms with Crippen LogP contribution in [-0.4, -0.2) is 47.8 Å². The van der Waals surface area contributed by atoms with E-state index in [4.69, 9.17) is 14.8 Å². The third-order valence-corrected chi connectivity index (χ3v) is 9.70. The molecule has 270 valence electrons. The van der Waals surface area contributed by atoms with Gasteiger partial charge in [0.2, 0.25) is 5.91 Å². The summed E-state index contributed by atoms with van der Waals surface area (Å²) in [6.07, 6.45) is 32.5. The summed E-state index contributed by atoms with van der Waals surface area (Å²) in [6.45, 7) is 4.19. The zero-order valence-corrected chi connectivity index (χ0v) is 30.5. The Morgan fingerprint density at radius 1 is 0.644 bits per heavy atom. The predicted molar refractivity (Wildman–Crippen MR) is 189 cm³/mol. The number of hydrogen-bond acceptors (Lipinski definition) is 6. The lowest BCUT2D eigenvalue weighted by Gasteiger charge is -2.25. The number of carbonyl (C=O) groups is 1. The number of aliphatic hydroxyl groups is 1. The van der Waals surface area contributed by atoms with Gasteiger partial charge in [-0.2, -0.15) is 0 Å². The van der Waals surface area contributed by atoms with E-state index in [1.165, 1.54) is 128 Å². The fourth-order valence-electron chi connectivity index (χ4n) is 5.78. The van der Waals surface area contributed by atoms with Gasteiger partial charge in [-0.15, -0.1) is 0 Å². The summed E-state index contributed by atoms with van der Waals surface area (Å²) < 4.78 is 22.0. The van der Waals surface area contributed by atoms with E-state index in [-0.39, 0.29) is 25.7 Å². The van der Waals surface area contributed by atoms with Crippen molar-refractivity contribution < 1.29 is 28.4 Å². The van der Waals surface area contributed by atoms with Crippen molar-refractivity contribution in [2.45, 2.75) is 206 Å². The Morgan fingerprint density at radius 3 is 1.42 bits per heavy atom. The standard InChI is InChI=1S/C36H75N2O6P/c1-3-5-7-9-11-13-14-15-16-17-18-19-20-22-24-26-28-30-36(40)38-34(33-44-45(41,42)43-32-31-37)35(39)29-27-25-23-21-12-10-8-6-4-2/h34-35,39H,3-33,37H2,1-2H3,(H,38,40)(H,41,42)/t34-,35+/m0/s1. The van der Waals surface area contributed by atoms with E-state index < -0.39 is 20.0 Å². The Kier molecular flexibility index (Phi) is 33.0. The zero-order valence-electron chi connectivity index (χ0n) is 29.6. The highest BCUT2D eigenvalue weighted by Gasteiger charge is 2.27. The predicted octanol–water partition coefficient (Wildman–Crippen LogP) is 9.89. The van der Waals surface area contributed by atoms with Crippen molar-refractivity contribution in [1.82, 2.24) is 5.32 Å². The zero-order chi connectivity index (χ0) is 33.3. The lowest BCUT2D eigenvalue weighted by Crippen LogP contribution is -2.46. The third-order valence-electron chi connectivity index (χ3n) is 8.71. The lowest BCUT2D eigenvalue weighted by atomic mass is 10.0. The van der Waals surface area contributed by atoms with E-state index in [0.29, 0.717) is 12.8 Å². The number of nitrogens with one attached hydrogen (secondary N) is 1. The molecule has 8 nitrogen and oxygen atoms in total. The van der Waals surface area contributed by atoms with Crippen molar-refractivity contribution >= 4 is 13.7 Å². The molecular formula is C36H75N2O6P. The number of aliphatic hydroxyl groups excluding tert-OH is 1. The fourth-order valence-corrected chi connectivity index (χ4v) is 6.54. The van der Waals surface area contributed by atoms with Crippen molar-refractivity contribution in [3.8, 4) is 0 Å². The molecule has 0 heterocycles. The van der Waals surface area contributed by atoms with Crippen LogP contribution in [0.5, 0.6) is 0 Å². The van der Waals surface area contributed by atoms with Gasteiger partial charge in [0.25, 0.3) is 0 Å². The van der Waals surface area contributed by atoms with Gasteiger partial charge < -0.3 is 21.1 Å². The lowest BCUT2D eigenvalue weighted by molar-refractivity contribution is -0.123. The smallest absolute Gasteiger partial charge is 0.391 e. The number of phosphoric acid groups is 1. The molecule has 0 aromatic heterocycles. The van der Waals surface area contributed by atoms with E-state index in [1.807, 2.05) is 0 Å². The molecular weight excluding hydrogens is 587 g/mol. The molecule has 0 aliphatic rings. The first kappa shape index (κ1) is 44.5. The van der Waals surface area contributed by atoms with Gasteiger partial charge in [0.1, 0.15) is 0 Å². The molecule has 0 aromatic rings. The van der Waals surface area contributed by atoms with E-state index in [0.717, 1.165) is 38.5 Å². The highest BCUT2D eigenvalue weighted by atomic mass is 31.2. The monoisotopic (exact) mass is 663 g/mol. The minimum atomic E-state index is -4.30. The maximum atomic E-state index is 12.7. The first-order chi connectivity index (χ1) is 21.9. The quantitative estimate of drug-likeness (QED) is 0.0388. The number of amides is 1. The van der Waals surface area contributed by atoms with E-state index in [1.54, 1.807) is 0 Å². The van der Waals surface area contributed by atoms with E-state index >= 15 is 0 Å². The molecule has 0 radical (unpaired) electrons. The van der Waals surface area contributed by atoms with Crippen LogP contribution in [0.2, 0.25) is 0 Å². The van der Waals surface area contributed by atoms with Crippen LogP contribution in [-0.2, 0) is 18.4 Å². The largest absolute Gasteiger partial charge is 0.472 e. The molecule has 5 N–H and O–H groups in total. The first-order valence-electron chi connectivity index (χ1n) is 19.2. The Labute approximate surface area is 278 Å². The van der Waals surface area contributed by atoms with Gasteiger partial charge in [0, 0.05) is 13.0 Å². The maximum absolute atomic E-state index is 12.7. The maximum Gasteiger partial charge on any atom is 0.472 e. The van der Waals surface area contributed by atoms with Crippen LogP contribution in [0.4, 0.5) is 0 Å². The second-order valence-corrected chi connectivity index (χ2v) is 14.6. The van der Waals surface area contributed by atoms with Gasteiger partial charge in [0.05, 0.1) is 25.4 Å². The Bertz CT molecular complexity index is 684. The number of rotatable bonds is 36. The molecule has 45 heavy (non-hydrogen) atoms. The number of nitrogens with two attached hydrogens (primary N) is 1. The molecule has 3 atom stereocenters. The minimum absolute atomic E-state index is 0.0919. The molecule has 0 rings (SSSR count). The molecule has 0 aliphatic carbocycles. The van der Waals surface area contributed by atoms with Crippen LogP contribution < -0.4 is 11.1 Å². The molecule has 9 heteroatoms. The van der Waals surface area contributed by atoms with Crippen LogP contribution in [0.25, 0.3) is 0 Å². The topological polar surface area (TPSA) is 131 Å². The van der Waals surface area contributed by atoms with Crippen LogP contribution in [0.3, 0.4) is 0 Å². The summed E-state index contributed by atoms with van der Waals surface area (Å²) in [4.78, 5) is 22.6. The minimum Gasteiger partial charge on any atom is -0.391 e. The number of unbranched alkanes of at least 4 members (excludes halogenated alkanes) is 24.